The van der Waals surface area contributed by atoms with Crippen molar-refractivity contribution in [3.63, 3.8) is 0 Å². The van der Waals surface area contributed by atoms with Crippen LogP contribution in [-0.4, -0.2) is 40.6 Å². The van der Waals surface area contributed by atoms with Gasteiger partial charge in [-0.2, -0.15) is 5.26 Å². The fourth-order valence-electron chi connectivity index (χ4n) is 3.10. The Labute approximate surface area is 180 Å². The van der Waals surface area contributed by atoms with Gasteiger partial charge in [0.1, 0.15) is 11.9 Å². The van der Waals surface area contributed by atoms with E-state index in [2.05, 4.69) is 31.5 Å². The van der Waals surface area contributed by atoms with Gasteiger partial charge in [-0.1, -0.05) is 0 Å². The second-order valence-corrected chi connectivity index (χ2v) is 7.61. The Kier molecular flexibility index (Phi) is 6.74. The number of hydrogen-bond donors (Lipinski definition) is 3. The summed E-state index contributed by atoms with van der Waals surface area (Å²) in [6, 6.07) is 7.31. The number of nitrogens with zero attached hydrogens (tertiary/aromatic N) is 3. The molecule has 1 aliphatic heterocycles. The van der Waals surface area contributed by atoms with Crippen LogP contribution in [0.25, 0.3) is 0 Å². The van der Waals surface area contributed by atoms with Gasteiger partial charge in [-0.25, -0.2) is 9.18 Å². The Morgan fingerprint density at radius 1 is 1.20 bits per heavy atom. The molecule has 2 heterocycles. The van der Waals surface area contributed by atoms with Gasteiger partial charge in [0.15, 0.2) is 5.84 Å². The smallest absolute Gasteiger partial charge is 0.321 e. The zero-order chi connectivity index (χ0) is 21.7. The van der Waals surface area contributed by atoms with Crippen LogP contribution in [0.3, 0.4) is 0 Å². The van der Waals surface area contributed by atoms with Gasteiger partial charge in [-0.05, 0) is 53.0 Å². The first-order chi connectivity index (χ1) is 14.4. The quantitative estimate of drug-likeness (QED) is 0.461. The van der Waals surface area contributed by atoms with Crippen LogP contribution in [0.15, 0.2) is 41.1 Å². The third kappa shape index (κ3) is 5.18. The Hall–Kier alpha value is -3.32. The lowest BCUT2D eigenvalue weighted by atomic mass is 9.92. The van der Waals surface area contributed by atoms with E-state index in [9.17, 15) is 14.0 Å². The number of piperidine rings is 1. The number of amidine groups is 1. The van der Waals surface area contributed by atoms with Crippen molar-refractivity contribution in [3.8, 4) is 6.07 Å². The summed E-state index contributed by atoms with van der Waals surface area (Å²) in [4.78, 5) is 30.4. The number of amides is 2. The number of nitrogens with one attached hydrogen (secondary N) is 3. The molecule has 0 saturated carbocycles. The number of hydrogen-bond acceptors (Lipinski definition) is 5. The van der Waals surface area contributed by atoms with Crippen LogP contribution in [0.4, 0.5) is 20.6 Å². The van der Waals surface area contributed by atoms with Crippen molar-refractivity contribution in [2.75, 3.05) is 23.7 Å². The van der Waals surface area contributed by atoms with Crippen LogP contribution < -0.4 is 10.6 Å². The molecule has 1 aliphatic rings. The number of likely N-dealkylation sites (tertiary alicyclic amines) is 1. The van der Waals surface area contributed by atoms with E-state index in [1.165, 1.54) is 36.7 Å². The molecular weight excluding hydrogens is 455 g/mol. The molecule has 2 amide bonds. The van der Waals surface area contributed by atoms with Crippen LogP contribution >= 0.6 is 15.9 Å². The van der Waals surface area contributed by atoms with Gasteiger partial charge in [0.2, 0.25) is 5.78 Å². The maximum Gasteiger partial charge on any atom is 0.321 e. The zero-order valence-corrected chi connectivity index (χ0v) is 17.4. The maximum atomic E-state index is 13.3. The zero-order valence-electron chi connectivity index (χ0n) is 15.8. The van der Waals surface area contributed by atoms with Crippen LogP contribution in [0.2, 0.25) is 0 Å². The number of urea groups is 1. The number of rotatable bonds is 4. The lowest BCUT2D eigenvalue weighted by molar-refractivity contribution is -0.117. The van der Waals surface area contributed by atoms with E-state index >= 15 is 0 Å². The van der Waals surface area contributed by atoms with Crippen molar-refractivity contribution in [2.45, 2.75) is 12.8 Å². The molecule has 154 valence electrons. The third-order valence-electron chi connectivity index (χ3n) is 4.71. The predicted molar refractivity (Wildman–Crippen MR) is 113 cm³/mol. The maximum absolute atomic E-state index is 13.3. The molecule has 0 aliphatic carbocycles. The van der Waals surface area contributed by atoms with Crippen LogP contribution in [0.1, 0.15) is 18.4 Å². The molecule has 3 rings (SSSR count). The van der Waals surface area contributed by atoms with Crippen molar-refractivity contribution in [2.24, 2.45) is 5.92 Å². The topological polar surface area (TPSA) is 122 Å². The van der Waals surface area contributed by atoms with Crippen molar-refractivity contribution in [1.29, 1.82) is 10.7 Å². The largest absolute Gasteiger partial charge is 0.338 e. The number of anilines is 2. The molecule has 1 fully saturated rings. The minimum atomic E-state index is -0.431. The van der Waals surface area contributed by atoms with Gasteiger partial charge < -0.3 is 15.5 Å². The third-order valence-corrected chi connectivity index (χ3v) is 5.31. The molecular formula is C20H18BrFN6O2. The normalized spacial score (nSPS) is 14.0. The number of carbonyl (C=O) groups is 2. The fraction of sp³-hybridized carbons (Fsp3) is 0.250. The van der Waals surface area contributed by atoms with Gasteiger partial charge in [-0.15, -0.1) is 0 Å². The van der Waals surface area contributed by atoms with Crippen LogP contribution in [0.5, 0.6) is 0 Å². The van der Waals surface area contributed by atoms with Crippen LogP contribution in [-0.2, 0) is 4.79 Å². The van der Waals surface area contributed by atoms with Crippen molar-refractivity contribution >= 4 is 45.0 Å². The van der Waals surface area contributed by atoms with Crippen molar-refractivity contribution in [1.82, 2.24) is 9.88 Å². The summed E-state index contributed by atoms with van der Waals surface area (Å²) in [6.07, 6.45) is 3.72. The summed E-state index contributed by atoms with van der Waals surface area (Å²) < 4.78 is 13.6. The van der Waals surface area contributed by atoms with E-state index in [1.807, 2.05) is 6.07 Å². The fourth-order valence-corrected chi connectivity index (χ4v) is 3.48. The molecule has 1 aromatic carbocycles. The Morgan fingerprint density at radius 3 is 2.60 bits per heavy atom. The highest BCUT2D eigenvalue weighted by molar-refractivity contribution is 9.10. The molecule has 1 aromatic heterocycles. The van der Waals surface area contributed by atoms with E-state index in [1.54, 1.807) is 4.90 Å². The van der Waals surface area contributed by atoms with Gasteiger partial charge in [0, 0.05) is 30.9 Å². The summed E-state index contributed by atoms with van der Waals surface area (Å²) in [5.74, 6) is -1.42. The molecule has 3 N–H and O–H groups in total. The Balaban J connectivity index is 1.52. The number of carbonyl (C=O) groups excluding carboxylic acids is 2. The molecule has 8 nitrogen and oxygen atoms in total. The molecule has 1 saturated heterocycles. The second kappa shape index (κ2) is 9.45. The summed E-state index contributed by atoms with van der Waals surface area (Å²) in [7, 11) is 0. The van der Waals surface area contributed by atoms with E-state index < -0.39 is 5.82 Å². The van der Waals surface area contributed by atoms with Gasteiger partial charge in [-0.3, -0.25) is 15.2 Å². The lowest BCUT2D eigenvalue weighted by Gasteiger charge is -2.31. The summed E-state index contributed by atoms with van der Waals surface area (Å²) >= 11 is 3.07. The van der Waals surface area contributed by atoms with E-state index in [0.717, 1.165) is 0 Å². The number of pyridine rings is 1. The number of ketones is 1. The highest BCUT2D eigenvalue weighted by atomic mass is 79.9. The number of Topliss-reactive ketones (excluding diaryl/α,β-unsaturated/α-hetero) is 1. The minimum Gasteiger partial charge on any atom is -0.338 e. The average molecular weight is 473 g/mol. The molecule has 2 aromatic rings. The molecule has 0 spiro atoms. The highest BCUT2D eigenvalue weighted by Gasteiger charge is 2.29. The molecule has 10 heteroatoms. The summed E-state index contributed by atoms with van der Waals surface area (Å²) in [5.41, 5.74) is 1.21. The molecule has 0 bridgehead atoms. The van der Waals surface area contributed by atoms with Gasteiger partial charge in [0.25, 0.3) is 0 Å². The van der Waals surface area contributed by atoms with Crippen molar-refractivity contribution < 1.29 is 14.0 Å². The van der Waals surface area contributed by atoms with E-state index in [-0.39, 0.29) is 28.0 Å². The first-order valence-electron chi connectivity index (χ1n) is 9.13. The van der Waals surface area contributed by atoms with Gasteiger partial charge >= 0.3 is 6.03 Å². The Morgan fingerprint density at radius 2 is 1.93 bits per heavy atom. The summed E-state index contributed by atoms with van der Waals surface area (Å²) in [5, 5.41) is 22.3. The average Bonchev–Trinajstić information content (AvgIpc) is 2.76. The molecule has 30 heavy (non-hydrogen) atoms. The second-order valence-electron chi connectivity index (χ2n) is 6.76. The standard InChI is InChI=1S/C20H18BrFN6O2/c21-16-8-14(1-2-17(16)22)26-19(24)18(29)13-3-5-28(6-4-13)20(30)27-15-7-12(9-23)10-25-11-15/h1-2,7-8,10-11,13H,3-6H2,(H2,24,26)(H,27,30). The van der Waals surface area contributed by atoms with Crippen molar-refractivity contribution in [3.05, 3.63) is 52.5 Å². The Bertz CT molecular complexity index is 1030. The predicted octanol–water partition coefficient (Wildman–Crippen LogP) is 3.76. The highest BCUT2D eigenvalue weighted by Crippen LogP contribution is 2.22. The summed E-state index contributed by atoms with van der Waals surface area (Å²) in [6.45, 7) is 0.728. The minimum absolute atomic E-state index is 0.238. The monoisotopic (exact) mass is 472 g/mol. The number of aromatic nitrogens is 1. The molecule has 0 radical (unpaired) electrons. The molecule has 0 unspecified atom stereocenters. The first kappa shape index (κ1) is 21.4. The lowest BCUT2D eigenvalue weighted by Crippen LogP contribution is -2.44. The SMILES string of the molecule is N#Cc1cncc(NC(=O)N2CCC(C(=O)C(=N)Nc3ccc(F)c(Br)c3)CC2)c1. The van der Waals surface area contributed by atoms with Gasteiger partial charge in [0.05, 0.1) is 21.9 Å². The number of benzene rings is 1. The van der Waals surface area contributed by atoms with E-state index in [0.29, 0.717) is 42.9 Å². The van der Waals surface area contributed by atoms with Crippen LogP contribution in [0, 0.1) is 28.5 Å². The first-order valence-corrected chi connectivity index (χ1v) is 9.92. The number of halogens is 2. The number of nitriles is 1. The van der Waals surface area contributed by atoms with E-state index in [4.69, 9.17) is 10.7 Å². The molecule has 0 atom stereocenters.